The van der Waals surface area contributed by atoms with E-state index in [1.807, 2.05) is 30.0 Å². The maximum Gasteiger partial charge on any atom is 0.160 e. The van der Waals surface area contributed by atoms with E-state index in [1.165, 1.54) is 70.8 Å². The van der Waals surface area contributed by atoms with E-state index < -0.39 is 0 Å². The number of aromatic nitrogens is 2. The third-order valence-electron chi connectivity index (χ3n) is 12.4. The summed E-state index contributed by atoms with van der Waals surface area (Å²) >= 11 is 1.88. The SMILES string of the molecule is c1ccc(-c2nc(-c3ccc(-c4ccc5c(c4)Sc4ccccc4C54c5ccccc5-c5ccccc54)cc3)cc(-c3ccc(-c4ccccc4)c4ccccc34)n2)cc1. The second kappa shape index (κ2) is 13.9. The van der Waals surface area contributed by atoms with Crippen LogP contribution in [0.15, 0.2) is 228 Å². The Morgan fingerprint density at radius 3 is 1.53 bits per heavy atom. The summed E-state index contributed by atoms with van der Waals surface area (Å²) in [7, 11) is 0. The fourth-order valence-electron chi connectivity index (χ4n) is 9.72. The average molecular weight is 781 g/mol. The Hall–Kier alpha value is -7.33. The molecule has 1 aromatic heterocycles. The standard InChI is InChI=1S/C57H36N2S/c1-3-15-38(16-4-1)42-32-33-47(44-20-8-7-19-43(42)44)53-36-52(58-56(59-53)40-17-5-2-6-18-40)39-29-27-37(28-30-39)41-31-34-51-55(35-41)60-54-26-14-13-25-50(54)57(51)48-23-11-9-21-45(48)46-22-10-12-24-49(46)57/h1-36H. The van der Waals surface area contributed by atoms with Crippen LogP contribution in [0.2, 0.25) is 0 Å². The van der Waals surface area contributed by atoms with Gasteiger partial charge in [-0.2, -0.15) is 0 Å². The maximum atomic E-state index is 5.22. The Bertz CT molecular complexity index is 3240. The highest BCUT2D eigenvalue weighted by atomic mass is 32.2. The van der Waals surface area contributed by atoms with Crippen LogP contribution < -0.4 is 0 Å². The second-order valence-corrected chi connectivity index (χ2v) is 16.7. The highest BCUT2D eigenvalue weighted by Gasteiger charge is 2.50. The van der Waals surface area contributed by atoms with Gasteiger partial charge in [-0.05, 0) is 84.6 Å². The van der Waals surface area contributed by atoms with Crippen molar-refractivity contribution in [1.29, 1.82) is 0 Å². The zero-order chi connectivity index (χ0) is 39.6. The van der Waals surface area contributed by atoms with Crippen molar-refractivity contribution in [2.75, 3.05) is 0 Å². The minimum atomic E-state index is -0.374. The van der Waals surface area contributed by atoms with E-state index in [9.17, 15) is 0 Å². The third kappa shape index (κ3) is 5.36. The molecule has 0 radical (unpaired) electrons. The fourth-order valence-corrected chi connectivity index (χ4v) is 10.9. The van der Waals surface area contributed by atoms with Gasteiger partial charge in [-0.15, -0.1) is 0 Å². The molecule has 280 valence electrons. The molecule has 0 fully saturated rings. The van der Waals surface area contributed by atoms with Gasteiger partial charge in [0.2, 0.25) is 0 Å². The Kier molecular flexibility index (Phi) is 8.04. The lowest BCUT2D eigenvalue weighted by molar-refractivity contribution is 0.722. The van der Waals surface area contributed by atoms with Crippen molar-refractivity contribution >= 4 is 22.5 Å². The maximum absolute atomic E-state index is 5.22. The summed E-state index contributed by atoms with van der Waals surface area (Å²) < 4.78 is 0. The fraction of sp³-hybridized carbons (Fsp3) is 0.0175. The van der Waals surface area contributed by atoms with Gasteiger partial charge in [0.05, 0.1) is 16.8 Å². The molecule has 0 unspecified atom stereocenters. The van der Waals surface area contributed by atoms with E-state index in [1.54, 1.807) is 0 Å². The van der Waals surface area contributed by atoms with Crippen LogP contribution >= 0.6 is 11.8 Å². The largest absolute Gasteiger partial charge is 0.228 e. The second-order valence-electron chi connectivity index (χ2n) is 15.6. The minimum Gasteiger partial charge on any atom is -0.228 e. The van der Waals surface area contributed by atoms with Crippen LogP contribution in [0.3, 0.4) is 0 Å². The van der Waals surface area contributed by atoms with Crippen LogP contribution in [-0.4, -0.2) is 9.97 Å². The van der Waals surface area contributed by atoms with Gasteiger partial charge in [-0.3, -0.25) is 0 Å². The molecular weight excluding hydrogens is 745 g/mol. The number of hydrogen-bond donors (Lipinski definition) is 0. The van der Waals surface area contributed by atoms with Crippen molar-refractivity contribution in [2.24, 2.45) is 0 Å². The van der Waals surface area contributed by atoms with E-state index in [0.29, 0.717) is 5.82 Å². The molecule has 0 amide bonds. The van der Waals surface area contributed by atoms with Crippen molar-refractivity contribution in [3.05, 3.63) is 241 Å². The number of hydrogen-bond acceptors (Lipinski definition) is 3. The smallest absolute Gasteiger partial charge is 0.160 e. The highest BCUT2D eigenvalue weighted by molar-refractivity contribution is 7.99. The summed E-state index contributed by atoms with van der Waals surface area (Å²) in [6.07, 6.45) is 0. The van der Waals surface area contributed by atoms with Gasteiger partial charge in [-0.1, -0.05) is 212 Å². The number of fused-ring (bicyclic) bond motifs is 10. The van der Waals surface area contributed by atoms with Crippen molar-refractivity contribution in [1.82, 2.24) is 9.97 Å². The van der Waals surface area contributed by atoms with Gasteiger partial charge >= 0.3 is 0 Å². The van der Waals surface area contributed by atoms with E-state index in [2.05, 4.69) is 200 Å². The van der Waals surface area contributed by atoms with Gasteiger partial charge in [0, 0.05) is 26.5 Å². The van der Waals surface area contributed by atoms with Gasteiger partial charge < -0.3 is 0 Å². The Labute approximate surface area is 353 Å². The average Bonchev–Trinajstić information content (AvgIpc) is 3.62. The van der Waals surface area contributed by atoms with Gasteiger partial charge in [-0.25, -0.2) is 9.97 Å². The van der Waals surface area contributed by atoms with E-state index in [4.69, 9.17) is 9.97 Å². The van der Waals surface area contributed by atoms with Crippen LogP contribution in [0.1, 0.15) is 22.3 Å². The van der Waals surface area contributed by atoms with E-state index >= 15 is 0 Å². The quantitative estimate of drug-likeness (QED) is 0.174. The van der Waals surface area contributed by atoms with Crippen LogP contribution in [0.4, 0.5) is 0 Å². The molecule has 0 saturated heterocycles. The number of nitrogens with zero attached hydrogens (tertiary/aromatic N) is 2. The third-order valence-corrected chi connectivity index (χ3v) is 13.5. The monoisotopic (exact) mass is 780 g/mol. The van der Waals surface area contributed by atoms with Crippen molar-refractivity contribution in [3.63, 3.8) is 0 Å². The molecule has 1 aliphatic heterocycles. The van der Waals surface area contributed by atoms with Crippen molar-refractivity contribution in [2.45, 2.75) is 15.2 Å². The molecule has 9 aromatic carbocycles. The molecule has 3 heteroatoms. The summed E-state index contributed by atoms with van der Waals surface area (Å²) in [5, 5.41) is 2.36. The molecule has 2 nitrogen and oxygen atoms in total. The zero-order valence-electron chi connectivity index (χ0n) is 32.6. The van der Waals surface area contributed by atoms with Crippen molar-refractivity contribution in [3.8, 4) is 67.3 Å². The van der Waals surface area contributed by atoms with Crippen molar-refractivity contribution < 1.29 is 0 Å². The molecule has 0 bridgehead atoms. The molecule has 10 aromatic rings. The lowest BCUT2D eigenvalue weighted by Gasteiger charge is -2.39. The lowest BCUT2D eigenvalue weighted by Crippen LogP contribution is -2.31. The van der Waals surface area contributed by atoms with Gasteiger partial charge in [0.1, 0.15) is 0 Å². The Morgan fingerprint density at radius 2 is 0.817 bits per heavy atom. The Balaban J connectivity index is 0.961. The van der Waals surface area contributed by atoms with E-state index in [-0.39, 0.29) is 5.41 Å². The van der Waals surface area contributed by atoms with Gasteiger partial charge in [0.15, 0.2) is 5.82 Å². The first-order valence-corrected chi connectivity index (χ1v) is 21.3. The summed E-state index contributed by atoms with van der Waals surface area (Å²) in [4.78, 5) is 13.0. The minimum absolute atomic E-state index is 0.374. The summed E-state index contributed by atoms with van der Waals surface area (Å²) in [5.41, 5.74) is 17.4. The molecule has 0 N–H and O–H groups in total. The molecule has 12 rings (SSSR count). The molecule has 0 saturated carbocycles. The molecule has 2 aliphatic rings. The molecular formula is C57H36N2S. The first kappa shape index (κ1) is 34.7. The highest BCUT2D eigenvalue weighted by Crippen LogP contribution is 2.62. The zero-order valence-corrected chi connectivity index (χ0v) is 33.4. The number of rotatable bonds is 5. The summed E-state index contributed by atoms with van der Waals surface area (Å²) in [5.74, 6) is 0.708. The van der Waals surface area contributed by atoms with E-state index in [0.717, 1.165) is 33.5 Å². The normalized spacial score (nSPS) is 13.1. The Morgan fingerprint density at radius 1 is 0.300 bits per heavy atom. The summed E-state index contributed by atoms with van der Waals surface area (Å²) in [6.45, 7) is 0. The van der Waals surface area contributed by atoms with Crippen LogP contribution in [0.25, 0.3) is 78.1 Å². The predicted molar refractivity (Wildman–Crippen MR) is 248 cm³/mol. The van der Waals surface area contributed by atoms with Gasteiger partial charge in [0.25, 0.3) is 0 Å². The van der Waals surface area contributed by atoms with Crippen LogP contribution in [0, 0.1) is 0 Å². The first-order valence-electron chi connectivity index (χ1n) is 20.5. The molecule has 1 aliphatic carbocycles. The molecule has 60 heavy (non-hydrogen) atoms. The first-order chi connectivity index (χ1) is 29.7. The van der Waals surface area contributed by atoms with Crippen LogP contribution in [0.5, 0.6) is 0 Å². The lowest BCUT2D eigenvalue weighted by atomic mass is 9.67. The molecule has 1 spiro atoms. The topological polar surface area (TPSA) is 25.8 Å². The summed E-state index contributed by atoms with van der Waals surface area (Å²) in [6, 6.07) is 79.1. The molecule has 2 heterocycles. The van der Waals surface area contributed by atoms with Crippen LogP contribution in [-0.2, 0) is 5.41 Å². The molecule has 0 atom stereocenters. The number of benzene rings is 9. The predicted octanol–water partition coefficient (Wildman–Crippen LogP) is 14.8.